The van der Waals surface area contributed by atoms with Crippen molar-refractivity contribution in [3.8, 4) is 5.75 Å². The third-order valence-electron chi connectivity index (χ3n) is 5.73. The molecule has 0 atom stereocenters. The van der Waals surface area contributed by atoms with Gasteiger partial charge in [0.05, 0.1) is 12.8 Å². The lowest BCUT2D eigenvalue weighted by Gasteiger charge is -2.22. The summed E-state index contributed by atoms with van der Waals surface area (Å²) in [5.74, 6) is -0.800. The van der Waals surface area contributed by atoms with E-state index >= 15 is 0 Å². The van der Waals surface area contributed by atoms with Crippen molar-refractivity contribution in [3.05, 3.63) is 94.7 Å². The van der Waals surface area contributed by atoms with Gasteiger partial charge in [-0.25, -0.2) is 4.90 Å². The summed E-state index contributed by atoms with van der Waals surface area (Å²) in [7, 11) is 1.53. The SMILES string of the molecule is CCN(C(=O)c1ccc(C)c(NC2=C(Cl)C(=O)N(c3ccc(OC)cc3)C2=O)c1)c1ccccc1. The topological polar surface area (TPSA) is 79.0 Å². The largest absolute Gasteiger partial charge is 0.497 e. The van der Waals surface area contributed by atoms with Crippen molar-refractivity contribution in [1.29, 1.82) is 0 Å². The molecule has 8 heteroatoms. The van der Waals surface area contributed by atoms with Crippen LogP contribution in [0.4, 0.5) is 17.1 Å². The number of aryl methyl sites for hydroxylation is 1. The molecule has 0 aliphatic carbocycles. The zero-order chi connectivity index (χ0) is 25.1. The number of hydrogen-bond donors (Lipinski definition) is 1. The molecule has 35 heavy (non-hydrogen) atoms. The van der Waals surface area contributed by atoms with Crippen molar-refractivity contribution in [2.24, 2.45) is 0 Å². The number of anilines is 3. The molecule has 1 aliphatic rings. The minimum atomic E-state index is -0.629. The zero-order valence-electron chi connectivity index (χ0n) is 19.5. The maximum absolute atomic E-state index is 13.3. The third-order valence-corrected chi connectivity index (χ3v) is 6.08. The smallest absolute Gasteiger partial charge is 0.283 e. The van der Waals surface area contributed by atoms with Crippen LogP contribution < -0.4 is 19.9 Å². The second-order valence-electron chi connectivity index (χ2n) is 7.87. The summed E-state index contributed by atoms with van der Waals surface area (Å²) >= 11 is 6.29. The molecule has 3 amide bonds. The van der Waals surface area contributed by atoms with Gasteiger partial charge >= 0.3 is 0 Å². The number of benzene rings is 3. The number of carbonyl (C=O) groups is 3. The van der Waals surface area contributed by atoms with Crippen LogP contribution in [0, 0.1) is 6.92 Å². The molecule has 1 N–H and O–H groups in total. The molecule has 0 aromatic heterocycles. The van der Waals surface area contributed by atoms with E-state index in [1.165, 1.54) is 7.11 Å². The van der Waals surface area contributed by atoms with E-state index in [0.29, 0.717) is 29.2 Å². The van der Waals surface area contributed by atoms with Crippen LogP contribution in [0.25, 0.3) is 0 Å². The van der Waals surface area contributed by atoms with Gasteiger partial charge in [0.25, 0.3) is 17.7 Å². The summed E-state index contributed by atoms with van der Waals surface area (Å²) < 4.78 is 5.14. The Morgan fingerprint density at radius 3 is 2.31 bits per heavy atom. The molecule has 3 aromatic rings. The van der Waals surface area contributed by atoms with Gasteiger partial charge in [-0.3, -0.25) is 14.4 Å². The monoisotopic (exact) mass is 489 g/mol. The van der Waals surface area contributed by atoms with Gasteiger partial charge in [-0.1, -0.05) is 35.9 Å². The Bertz CT molecular complexity index is 1320. The minimum Gasteiger partial charge on any atom is -0.497 e. The molecule has 0 bridgehead atoms. The molecule has 0 spiro atoms. The Kier molecular flexibility index (Phi) is 6.89. The Balaban J connectivity index is 1.61. The quantitative estimate of drug-likeness (QED) is 0.467. The number of carbonyl (C=O) groups excluding carboxylic acids is 3. The van der Waals surface area contributed by atoms with Crippen LogP contribution in [0.15, 0.2) is 83.5 Å². The van der Waals surface area contributed by atoms with Crippen LogP contribution in [-0.2, 0) is 9.59 Å². The van der Waals surface area contributed by atoms with Crippen molar-refractivity contribution in [1.82, 2.24) is 0 Å². The Morgan fingerprint density at radius 1 is 1.00 bits per heavy atom. The van der Waals surface area contributed by atoms with Crippen LogP contribution in [0.5, 0.6) is 5.75 Å². The molecular weight excluding hydrogens is 466 g/mol. The summed E-state index contributed by atoms with van der Waals surface area (Å²) in [5.41, 5.74) is 2.83. The van der Waals surface area contributed by atoms with Crippen LogP contribution in [0.2, 0.25) is 0 Å². The summed E-state index contributed by atoms with van der Waals surface area (Å²) in [6.07, 6.45) is 0. The summed E-state index contributed by atoms with van der Waals surface area (Å²) in [6.45, 7) is 4.22. The molecule has 7 nitrogen and oxygen atoms in total. The van der Waals surface area contributed by atoms with Gasteiger partial charge in [-0.15, -0.1) is 0 Å². The number of nitrogens with zero attached hydrogens (tertiary/aromatic N) is 2. The maximum Gasteiger partial charge on any atom is 0.283 e. The molecule has 0 fully saturated rings. The predicted octanol–water partition coefficient (Wildman–Crippen LogP) is 5.11. The van der Waals surface area contributed by atoms with Crippen LogP contribution in [-0.4, -0.2) is 31.4 Å². The standard InChI is InChI=1S/C27H24ClN3O4/c1-4-30(19-8-6-5-7-9-19)25(32)18-11-10-17(2)22(16-18)29-24-23(28)26(33)31(27(24)34)20-12-14-21(35-3)15-13-20/h5-16,29H,4H2,1-3H3. The van der Waals surface area contributed by atoms with Gasteiger partial charge in [-0.05, 0) is 67.9 Å². The minimum absolute atomic E-state index is 0.0457. The van der Waals surface area contributed by atoms with Gasteiger partial charge in [0.15, 0.2) is 0 Å². The number of amides is 3. The highest BCUT2D eigenvalue weighted by Crippen LogP contribution is 2.32. The van der Waals surface area contributed by atoms with E-state index in [0.717, 1.165) is 16.2 Å². The number of ether oxygens (including phenoxy) is 1. The van der Waals surface area contributed by atoms with Gasteiger partial charge in [-0.2, -0.15) is 0 Å². The fraction of sp³-hybridized carbons (Fsp3) is 0.148. The first-order valence-electron chi connectivity index (χ1n) is 11.0. The first-order chi connectivity index (χ1) is 16.8. The average Bonchev–Trinajstić information content (AvgIpc) is 3.09. The van der Waals surface area contributed by atoms with Crippen molar-refractivity contribution in [2.45, 2.75) is 13.8 Å². The molecule has 0 saturated heterocycles. The number of rotatable bonds is 7. The van der Waals surface area contributed by atoms with Crippen LogP contribution in [0.3, 0.4) is 0 Å². The van der Waals surface area contributed by atoms with Crippen LogP contribution in [0.1, 0.15) is 22.8 Å². The molecule has 1 heterocycles. The van der Waals surface area contributed by atoms with Gasteiger partial charge < -0.3 is 15.0 Å². The molecule has 0 saturated carbocycles. The normalized spacial score (nSPS) is 13.3. The zero-order valence-corrected chi connectivity index (χ0v) is 20.3. The summed E-state index contributed by atoms with van der Waals surface area (Å²) in [5, 5.41) is 2.77. The second kappa shape index (κ2) is 10.0. The highest BCUT2D eigenvalue weighted by Gasteiger charge is 2.39. The van der Waals surface area contributed by atoms with E-state index in [1.54, 1.807) is 47.4 Å². The van der Waals surface area contributed by atoms with E-state index in [2.05, 4.69) is 5.32 Å². The lowest BCUT2D eigenvalue weighted by molar-refractivity contribution is -0.120. The number of methoxy groups -OCH3 is 1. The highest BCUT2D eigenvalue weighted by atomic mass is 35.5. The number of hydrogen-bond acceptors (Lipinski definition) is 5. The van der Waals surface area contributed by atoms with E-state index < -0.39 is 11.8 Å². The number of halogens is 1. The van der Waals surface area contributed by atoms with Gasteiger partial charge in [0, 0.05) is 23.5 Å². The highest BCUT2D eigenvalue weighted by molar-refractivity contribution is 6.53. The van der Waals surface area contributed by atoms with E-state index in [4.69, 9.17) is 16.3 Å². The molecular formula is C27H24ClN3O4. The van der Waals surface area contributed by atoms with Crippen molar-refractivity contribution >= 4 is 46.4 Å². The molecule has 0 radical (unpaired) electrons. The van der Waals surface area contributed by atoms with E-state index in [9.17, 15) is 14.4 Å². The van der Waals surface area contributed by atoms with E-state index in [1.807, 2.05) is 44.2 Å². The molecule has 178 valence electrons. The Labute approximate surface area is 208 Å². The number of para-hydroxylation sites is 1. The second-order valence-corrected chi connectivity index (χ2v) is 8.25. The Morgan fingerprint density at radius 2 is 1.69 bits per heavy atom. The Hall–Kier alpha value is -4.10. The number of nitrogens with one attached hydrogen (secondary N) is 1. The van der Waals surface area contributed by atoms with Gasteiger partial charge in [0.1, 0.15) is 16.5 Å². The van der Waals surface area contributed by atoms with Crippen molar-refractivity contribution in [3.63, 3.8) is 0 Å². The predicted molar refractivity (Wildman–Crippen MR) is 137 cm³/mol. The first-order valence-corrected chi connectivity index (χ1v) is 11.4. The fourth-order valence-corrected chi connectivity index (χ4v) is 4.02. The van der Waals surface area contributed by atoms with Crippen molar-refractivity contribution in [2.75, 3.05) is 28.8 Å². The lowest BCUT2D eigenvalue weighted by Crippen LogP contribution is -2.32. The fourth-order valence-electron chi connectivity index (χ4n) is 3.81. The lowest BCUT2D eigenvalue weighted by atomic mass is 10.1. The molecule has 4 rings (SSSR count). The molecule has 0 unspecified atom stereocenters. The molecule has 1 aliphatic heterocycles. The summed E-state index contributed by atoms with van der Waals surface area (Å²) in [4.78, 5) is 41.9. The summed E-state index contributed by atoms with van der Waals surface area (Å²) in [6, 6.07) is 21.1. The molecule has 3 aromatic carbocycles. The maximum atomic E-state index is 13.3. The first kappa shape index (κ1) is 24.0. The average molecular weight is 490 g/mol. The van der Waals surface area contributed by atoms with E-state index in [-0.39, 0.29) is 16.6 Å². The third kappa shape index (κ3) is 4.63. The van der Waals surface area contributed by atoms with Crippen molar-refractivity contribution < 1.29 is 19.1 Å². The van der Waals surface area contributed by atoms with Crippen LogP contribution >= 0.6 is 11.6 Å². The van der Waals surface area contributed by atoms with Gasteiger partial charge in [0.2, 0.25) is 0 Å². The number of imide groups is 1.